The van der Waals surface area contributed by atoms with Crippen molar-refractivity contribution in [2.45, 2.75) is 38.3 Å². The van der Waals surface area contributed by atoms with Crippen LogP contribution < -0.4 is 5.32 Å². The van der Waals surface area contributed by atoms with Gasteiger partial charge in [-0.25, -0.2) is 0 Å². The van der Waals surface area contributed by atoms with Gasteiger partial charge in [-0.2, -0.15) is 0 Å². The Morgan fingerprint density at radius 2 is 2.00 bits per heavy atom. The third-order valence-corrected chi connectivity index (χ3v) is 4.89. The molecule has 116 valence electrons. The molecule has 3 rings (SSSR count). The van der Waals surface area contributed by atoms with Crippen LogP contribution in [0.4, 0.5) is 0 Å². The van der Waals surface area contributed by atoms with Crippen molar-refractivity contribution in [2.75, 3.05) is 39.5 Å². The molecule has 20 heavy (non-hydrogen) atoms. The van der Waals surface area contributed by atoms with E-state index in [0.29, 0.717) is 12.0 Å². The highest BCUT2D eigenvalue weighted by Gasteiger charge is 2.43. The Bertz CT molecular complexity index is 347. The Morgan fingerprint density at radius 1 is 1.25 bits per heavy atom. The number of hydrogen-bond donors (Lipinski definition) is 1. The first-order valence-corrected chi connectivity index (χ1v) is 7.42. The van der Waals surface area contributed by atoms with E-state index < -0.39 is 0 Å². The van der Waals surface area contributed by atoms with Crippen LogP contribution in [0.15, 0.2) is 0 Å². The highest BCUT2D eigenvalue weighted by Crippen LogP contribution is 2.39. The number of carbonyl (C=O) groups excluding carboxylic acids is 1. The Morgan fingerprint density at radius 3 is 2.70 bits per heavy atom. The van der Waals surface area contributed by atoms with Gasteiger partial charge < -0.3 is 19.7 Å². The van der Waals surface area contributed by atoms with Gasteiger partial charge in [0.2, 0.25) is 5.91 Å². The van der Waals surface area contributed by atoms with Crippen LogP contribution in [0, 0.1) is 5.41 Å². The zero-order valence-corrected chi connectivity index (χ0v) is 12.9. The van der Waals surface area contributed by atoms with E-state index in [-0.39, 0.29) is 30.5 Å². The summed E-state index contributed by atoms with van der Waals surface area (Å²) in [6.07, 6.45) is 3.30. The van der Waals surface area contributed by atoms with Crippen molar-refractivity contribution in [1.29, 1.82) is 0 Å². The number of nitrogens with zero attached hydrogens (tertiary/aromatic N) is 1. The SMILES string of the molecule is C[C@H]1OCCN[C@@H]1C(=O)N1CCC2(CCOCC2)C1.Cl. The quantitative estimate of drug-likeness (QED) is 0.779. The molecule has 3 aliphatic heterocycles. The first-order chi connectivity index (χ1) is 9.20. The highest BCUT2D eigenvalue weighted by molar-refractivity contribution is 5.85. The number of ether oxygens (including phenoxy) is 2. The molecule has 3 fully saturated rings. The van der Waals surface area contributed by atoms with Crippen molar-refractivity contribution in [1.82, 2.24) is 10.2 Å². The number of carbonyl (C=O) groups is 1. The van der Waals surface area contributed by atoms with E-state index in [0.717, 1.165) is 52.1 Å². The summed E-state index contributed by atoms with van der Waals surface area (Å²) in [7, 11) is 0. The predicted octanol–water partition coefficient (Wildman–Crippen LogP) is 0.814. The number of nitrogens with one attached hydrogen (secondary N) is 1. The third-order valence-electron chi connectivity index (χ3n) is 4.89. The number of morpholine rings is 1. The summed E-state index contributed by atoms with van der Waals surface area (Å²) in [6, 6.07) is -0.163. The molecule has 0 radical (unpaired) electrons. The van der Waals surface area contributed by atoms with Gasteiger partial charge in [0.15, 0.2) is 0 Å². The van der Waals surface area contributed by atoms with E-state index in [9.17, 15) is 4.79 Å². The van der Waals surface area contributed by atoms with E-state index in [2.05, 4.69) is 5.32 Å². The minimum atomic E-state index is -0.163. The summed E-state index contributed by atoms with van der Waals surface area (Å²) in [6.45, 7) is 6.95. The van der Waals surface area contributed by atoms with Crippen molar-refractivity contribution in [3.8, 4) is 0 Å². The highest BCUT2D eigenvalue weighted by atomic mass is 35.5. The molecule has 0 aromatic rings. The maximum Gasteiger partial charge on any atom is 0.242 e. The van der Waals surface area contributed by atoms with Crippen molar-refractivity contribution < 1.29 is 14.3 Å². The summed E-state index contributed by atoms with van der Waals surface area (Å²) in [5.74, 6) is 0.218. The van der Waals surface area contributed by atoms with Crippen molar-refractivity contribution in [3.05, 3.63) is 0 Å². The largest absolute Gasteiger partial charge is 0.381 e. The van der Waals surface area contributed by atoms with Gasteiger partial charge in [0.25, 0.3) is 0 Å². The molecule has 0 aromatic carbocycles. The molecule has 0 unspecified atom stereocenters. The molecule has 2 atom stereocenters. The van der Waals surface area contributed by atoms with Crippen LogP contribution in [-0.4, -0.2) is 62.4 Å². The van der Waals surface area contributed by atoms with Crippen molar-refractivity contribution in [2.24, 2.45) is 5.41 Å². The van der Waals surface area contributed by atoms with Gasteiger partial charge in [-0.1, -0.05) is 0 Å². The maximum atomic E-state index is 12.6. The molecule has 5 nitrogen and oxygen atoms in total. The summed E-state index contributed by atoms with van der Waals surface area (Å²) in [4.78, 5) is 14.6. The Labute approximate surface area is 126 Å². The number of amides is 1. The van der Waals surface area contributed by atoms with Crippen LogP contribution in [0.3, 0.4) is 0 Å². The Kier molecular flexibility index (Phi) is 5.29. The molecule has 0 aromatic heterocycles. The lowest BCUT2D eigenvalue weighted by atomic mass is 9.80. The van der Waals surface area contributed by atoms with Gasteiger partial charge in [-0.3, -0.25) is 4.79 Å². The minimum Gasteiger partial charge on any atom is -0.381 e. The molecule has 1 N–H and O–H groups in total. The topological polar surface area (TPSA) is 50.8 Å². The summed E-state index contributed by atoms with van der Waals surface area (Å²) in [5, 5.41) is 3.30. The fourth-order valence-corrected chi connectivity index (χ4v) is 3.54. The summed E-state index contributed by atoms with van der Waals surface area (Å²) < 4.78 is 11.0. The normalized spacial score (nSPS) is 33.0. The first-order valence-electron chi connectivity index (χ1n) is 7.42. The number of likely N-dealkylation sites (tertiary alicyclic amines) is 1. The predicted molar refractivity (Wildman–Crippen MR) is 78.1 cm³/mol. The molecule has 3 aliphatic rings. The number of rotatable bonds is 1. The van der Waals surface area contributed by atoms with Crippen molar-refractivity contribution >= 4 is 18.3 Å². The van der Waals surface area contributed by atoms with Crippen LogP contribution in [-0.2, 0) is 14.3 Å². The summed E-state index contributed by atoms with van der Waals surface area (Å²) >= 11 is 0. The lowest BCUT2D eigenvalue weighted by molar-refractivity contribution is -0.139. The monoisotopic (exact) mass is 304 g/mol. The van der Waals surface area contributed by atoms with Crippen molar-refractivity contribution in [3.63, 3.8) is 0 Å². The number of hydrogen-bond acceptors (Lipinski definition) is 4. The van der Waals surface area contributed by atoms with E-state index in [1.54, 1.807) is 0 Å². The molecule has 6 heteroatoms. The molecule has 1 spiro atoms. The zero-order valence-electron chi connectivity index (χ0n) is 12.1. The standard InChI is InChI=1S/C14H24N2O3.ClH/c1-11-12(15-5-9-19-11)13(17)16-6-2-14(10-16)3-7-18-8-4-14;/h11-12,15H,2-10H2,1H3;1H/t11-,12+;/m1./s1. The maximum absolute atomic E-state index is 12.6. The van der Waals surface area contributed by atoms with Gasteiger partial charge in [-0.15, -0.1) is 12.4 Å². The third kappa shape index (κ3) is 3.11. The van der Waals surface area contributed by atoms with Crippen LogP contribution in [0.2, 0.25) is 0 Å². The van der Waals surface area contributed by atoms with Gasteiger partial charge in [-0.05, 0) is 31.6 Å². The molecular weight excluding hydrogens is 280 g/mol. The Balaban J connectivity index is 0.00000147. The smallest absolute Gasteiger partial charge is 0.242 e. The van der Waals surface area contributed by atoms with Gasteiger partial charge in [0, 0.05) is 32.8 Å². The molecule has 0 saturated carbocycles. The van der Waals surface area contributed by atoms with E-state index in [1.807, 2.05) is 11.8 Å². The average Bonchev–Trinajstić information content (AvgIpc) is 2.83. The van der Waals surface area contributed by atoms with Crippen LogP contribution in [0.25, 0.3) is 0 Å². The van der Waals surface area contributed by atoms with Gasteiger partial charge in [0.05, 0.1) is 12.7 Å². The molecule has 3 heterocycles. The molecule has 0 aliphatic carbocycles. The van der Waals surface area contributed by atoms with Gasteiger partial charge >= 0.3 is 0 Å². The fraction of sp³-hybridized carbons (Fsp3) is 0.929. The first kappa shape index (κ1) is 16.0. The number of halogens is 1. The van der Waals surface area contributed by atoms with E-state index in [4.69, 9.17) is 9.47 Å². The van der Waals surface area contributed by atoms with E-state index >= 15 is 0 Å². The zero-order chi connectivity index (χ0) is 13.3. The summed E-state index contributed by atoms with van der Waals surface area (Å²) in [5.41, 5.74) is 0.326. The van der Waals surface area contributed by atoms with Crippen LogP contribution in [0.5, 0.6) is 0 Å². The van der Waals surface area contributed by atoms with Crippen LogP contribution in [0.1, 0.15) is 26.2 Å². The van der Waals surface area contributed by atoms with Gasteiger partial charge in [0.1, 0.15) is 6.04 Å². The molecule has 1 amide bonds. The lowest BCUT2D eigenvalue weighted by Crippen LogP contribution is -2.56. The Hall–Kier alpha value is -0.360. The second-order valence-corrected chi connectivity index (χ2v) is 6.13. The van der Waals surface area contributed by atoms with Crippen LogP contribution >= 0.6 is 12.4 Å². The second kappa shape index (κ2) is 6.60. The minimum absolute atomic E-state index is 0. The fourth-order valence-electron chi connectivity index (χ4n) is 3.54. The molecule has 0 bridgehead atoms. The lowest BCUT2D eigenvalue weighted by Gasteiger charge is -2.35. The second-order valence-electron chi connectivity index (χ2n) is 6.13. The average molecular weight is 305 g/mol. The molecule has 3 saturated heterocycles. The van der Waals surface area contributed by atoms with E-state index in [1.165, 1.54) is 0 Å². The molecular formula is C14H25ClN2O3.